The number of carbonyl (C=O) groups is 1. The molecule has 6 heteroatoms. The Hall–Kier alpha value is -1.69. The Labute approximate surface area is 118 Å². The maximum absolute atomic E-state index is 12.1. The highest BCUT2D eigenvalue weighted by Crippen LogP contribution is 2.39. The topological polar surface area (TPSA) is 68.0 Å². The molecule has 1 aliphatic rings. The number of amides is 1. The van der Waals surface area contributed by atoms with Crippen LogP contribution in [0.3, 0.4) is 0 Å². The second-order valence-corrected chi connectivity index (χ2v) is 5.51. The molecule has 1 fully saturated rings. The van der Waals surface area contributed by atoms with Gasteiger partial charge in [-0.15, -0.1) is 5.10 Å². The van der Waals surface area contributed by atoms with Crippen LogP contribution >= 0.6 is 15.9 Å². The summed E-state index contributed by atoms with van der Waals surface area (Å²) in [6.45, 7) is 1.93. The van der Waals surface area contributed by atoms with Crippen LogP contribution in [0.2, 0.25) is 0 Å². The summed E-state index contributed by atoms with van der Waals surface area (Å²) < 4.78 is 6.13. The van der Waals surface area contributed by atoms with Gasteiger partial charge in [-0.3, -0.25) is 10.1 Å². The highest BCUT2D eigenvalue weighted by atomic mass is 79.9. The number of halogens is 1. The van der Waals surface area contributed by atoms with Crippen molar-refractivity contribution in [3.8, 4) is 0 Å². The van der Waals surface area contributed by atoms with Gasteiger partial charge in [0.05, 0.1) is 5.56 Å². The van der Waals surface area contributed by atoms with E-state index in [9.17, 15) is 4.79 Å². The SMILES string of the molecule is Cc1ccc(Br)c(C(=O)Nc2nnc(C3CC3)o2)c1. The van der Waals surface area contributed by atoms with Crippen LogP contribution in [-0.4, -0.2) is 16.1 Å². The number of anilines is 1. The molecule has 1 heterocycles. The van der Waals surface area contributed by atoms with Gasteiger partial charge in [-0.2, -0.15) is 0 Å². The van der Waals surface area contributed by atoms with E-state index in [0.717, 1.165) is 22.9 Å². The lowest BCUT2D eigenvalue weighted by Gasteiger charge is -2.04. The molecule has 0 saturated heterocycles. The first-order valence-corrected chi connectivity index (χ1v) is 6.83. The molecule has 1 saturated carbocycles. The minimum absolute atomic E-state index is 0.153. The molecule has 0 radical (unpaired) electrons. The molecule has 0 atom stereocenters. The zero-order valence-electron chi connectivity index (χ0n) is 10.3. The van der Waals surface area contributed by atoms with E-state index >= 15 is 0 Å². The molecule has 1 aromatic carbocycles. The maximum atomic E-state index is 12.1. The van der Waals surface area contributed by atoms with Crippen molar-refractivity contribution in [2.45, 2.75) is 25.7 Å². The van der Waals surface area contributed by atoms with Crippen molar-refractivity contribution in [1.82, 2.24) is 10.2 Å². The van der Waals surface area contributed by atoms with E-state index in [0.29, 0.717) is 17.4 Å². The minimum Gasteiger partial charge on any atom is -0.408 e. The van der Waals surface area contributed by atoms with Crippen molar-refractivity contribution in [2.75, 3.05) is 5.32 Å². The number of hydrogen-bond donors (Lipinski definition) is 1. The van der Waals surface area contributed by atoms with Gasteiger partial charge in [-0.1, -0.05) is 16.7 Å². The monoisotopic (exact) mass is 321 g/mol. The smallest absolute Gasteiger partial charge is 0.322 e. The molecule has 2 aromatic rings. The lowest BCUT2D eigenvalue weighted by atomic mass is 10.1. The number of aryl methyl sites for hydroxylation is 1. The number of benzene rings is 1. The van der Waals surface area contributed by atoms with Gasteiger partial charge in [-0.05, 0) is 47.8 Å². The highest BCUT2D eigenvalue weighted by molar-refractivity contribution is 9.10. The lowest BCUT2D eigenvalue weighted by Crippen LogP contribution is -2.13. The van der Waals surface area contributed by atoms with Crippen LogP contribution in [0.1, 0.15) is 40.6 Å². The summed E-state index contributed by atoms with van der Waals surface area (Å²) in [6, 6.07) is 5.73. The van der Waals surface area contributed by atoms with Gasteiger partial charge in [0, 0.05) is 10.4 Å². The van der Waals surface area contributed by atoms with Gasteiger partial charge < -0.3 is 4.42 Å². The first kappa shape index (κ1) is 12.3. The molecular weight excluding hydrogens is 310 g/mol. The van der Waals surface area contributed by atoms with Gasteiger partial charge in [0.2, 0.25) is 5.89 Å². The second kappa shape index (κ2) is 4.77. The minimum atomic E-state index is -0.262. The Morgan fingerprint density at radius 3 is 2.95 bits per heavy atom. The average Bonchev–Trinajstić information content (AvgIpc) is 3.13. The molecule has 98 valence electrons. The number of nitrogens with zero attached hydrogens (tertiary/aromatic N) is 2. The molecule has 0 unspecified atom stereocenters. The quantitative estimate of drug-likeness (QED) is 0.942. The fourth-order valence-corrected chi connectivity index (χ4v) is 2.18. The van der Waals surface area contributed by atoms with Gasteiger partial charge in [0.1, 0.15) is 0 Å². The fourth-order valence-electron chi connectivity index (χ4n) is 1.76. The third kappa shape index (κ3) is 2.68. The van der Waals surface area contributed by atoms with Crippen molar-refractivity contribution in [3.05, 3.63) is 39.7 Å². The molecule has 1 aromatic heterocycles. The van der Waals surface area contributed by atoms with E-state index in [1.165, 1.54) is 0 Å². The lowest BCUT2D eigenvalue weighted by molar-refractivity contribution is 0.102. The maximum Gasteiger partial charge on any atom is 0.322 e. The van der Waals surface area contributed by atoms with E-state index in [-0.39, 0.29) is 11.9 Å². The summed E-state index contributed by atoms with van der Waals surface area (Å²) in [5, 5.41) is 10.4. The van der Waals surface area contributed by atoms with Crippen molar-refractivity contribution in [2.24, 2.45) is 0 Å². The molecule has 0 spiro atoms. The number of carbonyl (C=O) groups excluding carboxylic acids is 1. The van der Waals surface area contributed by atoms with Gasteiger partial charge in [0.25, 0.3) is 5.91 Å². The van der Waals surface area contributed by atoms with Crippen LogP contribution < -0.4 is 5.32 Å². The summed E-state index contributed by atoms with van der Waals surface area (Å²) >= 11 is 3.36. The van der Waals surface area contributed by atoms with Crippen molar-refractivity contribution in [3.63, 3.8) is 0 Å². The van der Waals surface area contributed by atoms with Gasteiger partial charge in [-0.25, -0.2) is 0 Å². The van der Waals surface area contributed by atoms with E-state index in [1.54, 1.807) is 6.07 Å². The fraction of sp³-hybridized carbons (Fsp3) is 0.308. The normalized spacial score (nSPS) is 14.4. The molecule has 3 rings (SSSR count). The molecule has 19 heavy (non-hydrogen) atoms. The molecular formula is C13H12BrN3O2. The van der Waals surface area contributed by atoms with Gasteiger partial charge in [0.15, 0.2) is 0 Å². The number of rotatable bonds is 3. The Bertz CT molecular complexity index is 635. The number of aromatic nitrogens is 2. The predicted molar refractivity (Wildman–Crippen MR) is 73.1 cm³/mol. The zero-order valence-corrected chi connectivity index (χ0v) is 11.9. The molecule has 1 amide bonds. The summed E-state index contributed by atoms with van der Waals surface area (Å²) in [5.74, 6) is 0.726. The standard InChI is InChI=1S/C13H12BrN3O2/c1-7-2-5-10(14)9(6-7)11(18)15-13-17-16-12(19-13)8-3-4-8/h2,5-6,8H,3-4H2,1H3,(H,15,17,18). The Balaban J connectivity index is 1.77. The van der Waals surface area contributed by atoms with Crippen LogP contribution in [0.5, 0.6) is 0 Å². The molecule has 0 aliphatic heterocycles. The van der Waals surface area contributed by atoms with Crippen molar-refractivity contribution >= 4 is 27.9 Å². The number of hydrogen-bond acceptors (Lipinski definition) is 4. The first-order valence-electron chi connectivity index (χ1n) is 6.04. The molecule has 1 N–H and O–H groups in total. The third-order valence-corrected chi connectivity index (χ3v) is 3.65. The van der Waals surface area contributed by atoms with Crippen LogP contribution in [0.15, 0.2) is 27.1 Å². The Morgan fingerprint density at radius 2 is 2.21 bits per heavy atom. The van der Waals surface area contributed by atoms with Crippen LogP contribution in [-0.2, 0) is 0 Å². The summed E-state index contributed by atoms with van der Waals surface area (Å²) in [5.41, 5.74) is 1.56. The van der Waals surface area contributed by atoms with E-state index in [2.05, 4.69) is 31.4 Å². The largest absolute Gasteiger partial charge is 0.408 e. The van der Waals surface area contributed by atoms with E-state index < -0.39 is 0 Å². The van der Waals surface area contributed by atoms with Crippen LogP contribution in [0.4, 0.5) is 6.01 Å². The van der Waals surface area contributed by atoms with Gasteiger partial charge >= 0.3 is 6.01 Å². The van der Waals surface area contributed by atoms with E-state index in [1.807, 2.05) is 19.1 Å². The Morgan fingerprint density at radius 1 is 1.42 bits per heavy atom. The summed E-state index contributed by atoms with van der Waals surface area (Å²) in [6.07, 6.45) is 2.16. The zero-order chi connectivity index (χ0) is 13.4. The van der Waals surface area contributed by atoms with Crippen molar-refractivity contribution < 1.29 is 9.21 Å². The number of nitrogens with one attached hydrogen (secondary N) is 1. The average molecular weight is 322 g/mol. The summed E-state index contributed by atoms with van der Waals surface area (Å²) in [4.78, 5) is 12.1. The second-order valence-electron chi connectivity index (χ2n) is 4.66. The molecule has 5 nitrogen and oxygen atoms in total. The van der Waals surface area contributed by atoms with Crippen LogP contribution in [0.25, 0.3) is 0 Å². The first-order chi connectivity index (χ1) is 9.13. The Kier molecular flexibility index (Phi) is 3.10. The highest BCUT2D eigenvalue weighted by Gasteiger charge is 2.29. The van der Waals surface area contributed by atoms with E-state index in [4.69, 9.17) is 4.42 Å². The predicted octanol–water partition coefficient (Wildman–Crippen LogP) is 3.27. The molecule has 0 bridgehead atoms. The van der Waals surface area contributed by atoms with Crippen molar-refractivity contribution in [1.29, 1.82) is 0 Å². The van der Waals surface area contributed by atoms with Crippen LogP contribution in [0, 0.1) is 6.92 Å². The summed E-state index contributed by atoms with van der Waals surface area (Å²) in [7, 11) is 0. The molecule has 1 aliphatic carbocycles. The third-order valence-electron chi connectivity index (χ3n) is 2.95.